The molecule has 5 heteroatoms. The van der Waals surface area contributed by atoms with E-state index in [4.69, 9.17) is 10.5 Å². The third kappa shape index (κ3) is 2.24. The van der Waals surface area contributed by atoms with E-state index in [2.05, 4.69) is 32.6 Å². The minimum Gasteiger partial charge on any atom is -0.435 e. The fourth-order valence-electron chi connectivity index (χ4n) is 1.29. The van der Waals surface area contributed by atoms with Crippen LogP contribution in [0.5, 0.6) is 11.6 Å². The Morgan fingerprint density at radius 2 is 2.19 bits per heavy atom. The van der Waals surface area contributed by atoms with E-state index in [-0.39, 0.29) is 0 Å². The minimum atomic E-state index is 0.525. The number of ether oxygens (including phenoxy) is 1. The van der Waals surface area contributed by atoms with Crippen LogP contribution in [-0.2, 0) is 0 Å². The van der Waals surface area contributed by atoms with Crippen LogP contribution in [-0.4, -0.2) is 9.97 Å². The first kappa shape index (κ1) is 11.1. The Bertz CT molecular complexity index is 496. The predicted octanol–water partition coefficient (Wildman–Crippen LogP) is 2.76. The fourth-order valence-corrected chi connectivity index (χ4v) is 1.70. The molecule has 2 aromatic rings. The van der Waals surface area contributed by atoms with Crippen LogP contribution in [0.4, 0.5) is 5.69 Å². The standard InChI is InChI=1S/C11H10IN3O/c1-7-3-2-4-9(13)10(7)16-11-8(12)5-14-6-15-11/h2-6H,13H2,1H3. The van der Waals surface area contributed by atoms with Gasteiger partial charge in [-0.1, -0.05) is 12.1 Å². The van der Waals surface area contributed by atoms with Gasteiger partial charge in [-0.3, -0.25) is 0 Å². The van der Waals surface area contributed by atoms with E-state index >= 15 is 0 Å². The molecule has 1 aromatic carbocycles. The number of hydrogen-bond acceptors (Lipinski definition) is 4. The number of nitrogens with two attached hydrogens (primary N) is 1. The summed E-state index contributed by atoms with van der Waals surface area (Å²) in [7, 11) is 0. The van der Waals surface area contributed by atoms with E-state index in [1.807, 2.05) is 19.1 Å². The summed E-state index contributed by atoms with van der Waals surface area (Å²) < 4.78 is 6.54. The number of halogens is 1. The summed E-state index contributed by atoms with van der Waals surface area (Å²) >= 11 is 2.12. The number of aryl methyl sites for hydroxylation is 1. The highest BCUT2D eigenvalue weighted by molar-refractivity contribution is 14.1. The molecule has 0 saturated carbocycles. The van der Waals surface area contributed by atoms with Crippen molar-refractivity contribution in [3.8, 4) is 11.6 Å². The van der Waals surface area contributed by atoms with Gasteiger partial charge in [0.05, 0.1) is 9.26 Å². The minimum absolute atomic E-state index is 0.525. The van der Waals surface area contributed by atoms with Gasteiger partial charge in [0, 0.05) is 6.20 Å². The second-order valence-corrected chi connectivity index (χ2v) is 4.43. The Balaban J connectivity index is 2.38. The van der Waals surface area contributed by atoms with E-state index in [0.29, 0.717) is 17.3 Å². The third-order valence-corrected chi connectivity index (χ3v) is 2.81. The van der Waals surface area contributed by atoms with Crippen molar-refractivity contribution >= 4 is 28.3 Å². The summed E-state index contributed by atoms with van der Waals surface area (Å²) in [4.78, 5) is 7.96. The predicted molar refractivity (Wildman–Crippen MR) is 70.4 cm³/mol. The number of benzene rings is 1. The number of anilines is 1. The van der Waals surface area contributed by atoms with Crippen LogP contribution in [0.3, 0.4) is 0 Å². The van der Waals surface area contributed by atoms with Crippen LogP contribution < -0.4 is 10.5 Å². The first-order chi connectivity index (χ1) is 7.68. The number of nitrogen functional groups attached to an aromatic ring is 1. The van der Waals surface area contributed by atoms with Crippen LogP contribution in [0, 0.1) is 10.5 Å². The Hall–Kier alpha value is -1.37. The Kier molecular flexibility index (Phi) is 3.23. The maximum atomic E-state index is 5.85. The van der Waals surface area contributed by atoms with Crippen molar-refractivity contribution in [3.63, 3.8) is 0 Å². The fraction of sp³-hybridized carbons (Fsp3) is 0.0909. The van der Waals surface area contributed by atoms with Crippen molar-refractivity contribution in [2.24, 2.45) is 0 Å². The molecule has 0 bridgehead atoms. The average Bonchev–Trinajstić information content (AvgIpc) is 2.26. The van der Waals surface area contributed by atoms with Crippen LogP contribution in [0.1, 0.15) is 5.56 Å². The van der Waals surface area contributed by atoms with E-state index in [0.717, 1.165) is 9.13 Å². The molecule has 0 saturated heterocycles. The quantitative estimate of drug-likeness (QED) is 0.681. The van der Waals surface area contributed by atoms with Gasteiger partial charge < -0.3 is 10.5 Å². The summed E-state index contributed by atoms with van der Waals surface area (Å²) in [5.41, 5.74) is 7.44. The lowest BCUT2D eigenvalue weighted by atomic mass is 10.2. The highest BCUT2D eigenvalue weighted by Gasteiger charge is 2.08. The molecule has 0 aliphatic heterocycles. The zero-order chi connectivity index (χ0) is 11.5. The van der Waals surface area contributed by atoms with Gasteiger partial charge in [0.1, 0.15) is 6.33 Å². The van der Waals surface area contributed by atoms with Crippen LogP contribution in [0.15, 0.2) is 30.7 Å². The van der Waals surface area contributed by atoms with Crippen LogP contribution in [0.2, 0.25) is 0 Å². The van der Waals surface area contributed by atoms with Crippen molar-refractivity contribution in [1.82, 2.24) is 9.97 Å². The van der Waals surface area contributed by atoms with E-state index in [9.17, 15) is 0 Å². The van der Waals surface area contributed by atoms with Gasteiger partial charge in [0.2, 0.25) is 5.88 Å². The second-order valence-electron chi connectivity index (χ2n) is 3.27. The molecule has 2 rings (SSSR count). The zero-order valence-corrected chi connectivity index (χ0v) is 10.8. The molecule has 82 valence electrons. The SMILES string of the molecule is Cc1cccc(N)c1Oc1ncncc1I. The Labute approximate surface area is 107 Å². The number of para-hydroxylation sites is 1. The van der Waals surface area contributed by atoms with E-state index < -0.39 is 0 Å². The molecule has 0 aliphatic carbocycles. The summed E-state index contributed by atoms with van der Waals surface area (Å²) in [5.74, 6) is 1.18. The maximum absolute atomic E-state index is 5.85. The number of aromatic nitrogens is 2. The van der Waals surface area contributed by atoms with Gasteiger partial charge in [-0.15, -0.1) is 0 Å². The van der Waals surface area contributed by atoms with Gasteiger partial charge in [-0.25, -0.2) is 9.97 Å². The molecule has 1 heterocycles. The lowest BCUT2D eigenvalue weighted by molar-refractivity contribution is 0.456. The number of hydrogen-bond donors (Lipinski definition) is 1. The molecule has 16 heavy (non-hydrogen) atoms. The monoisotopic (exact) mass is 327 g/mol. The topological polar surface area (TPSA) is 61.0 Å². The number of rotatable bonds is 2. The first-order valence-corrected chi connectivity index (χ1v) is 5.75. The molecular weight excluding hydrogens is 317 g/mol. The van der Waals surface area contributed by atoms with Crippen molar-refractivity contribution in [1.29, 1.82) is 0 Å². The molecule has 4 nitrogen and oxygen atoms in total. The summed E-state index contributed by atoms with van der Waals surface area (Å²) in [5, 5.41) is 0. The van der Waals surface area contributed by atoms with Gasteiger partial charge in [-0.2, -0.15) is 0 Å². The zero-order valence-electron chi connectivity index (χ0n) is 8.64. The van der Waals surface area contributed by atoms with E-state index in [1.54, 1.807) is 12.3 Å². The second kappa shape index (κ2) is 4.65. The van der Waals surface area contributed by atoms with Gasteiger partial charge in [0.25, 0.3) is 0 Å². The highest BCUT2D eigenvalue weighted by atomic mass is 127. The summed E-state index contributed by atoms with van der Waals surface area (Å²) in [6.07, 6.45) is 3.14. The van der Waals surface area contributed by atoms with Crippen LogP contribution in [0.25, 0.3) is 0 Å². The van der Waals surface area contributed by atoms with Crippen LogP contribution >= 0.6 is 22.6 Å². The smallest absolute Gasteiger partial charge is 0.235 e. The Morgan fingerprint density at radius 1 is 1.38 bits per heavy atom. The summed E-state index contributed by atoms with van der Waals surface area (Å²) in [6, 6.07) is 5.64. The molecular formula is C11H10IN3O. The molecule has 0 amide bonds. The average molecular weight is 327 g/mol. The van der Waals surface area contributed by atoms with Gasteiger partial charge in [-0.05, 0) is 41.1 Å². The maximum Gasteiger partial charge on any atom is 0.235 e. The Morgan fingerprint density at radius 3 is 2.88 bits per heavy atom. The van der Waals surface area contributed by atoms with Crippen molar-refractivity contribution in [2.75, 3.05) is 5.73 Å². The first-order valence-electron chi connectivity index (χ1n) is 4.67. The van der Waals surface area contributed by atoms with E-state index in [1.165, 1.54) is 6.33 Å². The van der Waals surface area contributed by atoms with Crippen molar-refractivity contribution < 1.29 is 4.74 Å². The number of nitrogens with zero attached hydrogens (tertiary/aromatic N) is 2. The molecule has 0 atom stereocenters. The van der Waals surface area contributed by atoms with Gasteiger partial charge >= 0.3 is 0 Å². The molecule has 0 aliphatic rings. The molecule has 2 N–H and O–H groups in total. The largest absolute Gasteiger partial charge is 0.435 e. The summed E-state index contributed by atoms with van der Waals surface area (Å²) in [6.45, 7) is 1.94. The normalized spacial score (nSPS) is 10.1. The molecule has 0 unspecified atom stereocenters. The lowest BCUT2D eigenvalue weighted by Crippen LogP contribution is -1.97. The molecule has 0 radical (unpaired) electrons. The lowest BCUT2D eigenvalue weighted by Gasteiger charge is -2.10. The molecule has 1 aromatic heterocycles. The van der Waals surface area contributed by atoms with Crippen molar-refractivity contribution in [2.45, 2.75) is 6.92 Å². The highest BCUT2D eigenvalue weighted by Crippen LogP contribution is 2.31. The molecule has 0 fully saturated rings. The third-order valence-electron chi connectivity index (χ3n) is 2.07. The molecule has 0 spiro atoms. The van der Waals surface area contributed by atoms with Gasteiger partial charge in [0.15, 0.2) is 5.75 Å². The van der Waals surface area contributed by atoms with Crippen molar-refractivity contribution in [3.05, 3.63) is 39.9 Å².